The smallest absolute Gasteiger partial charge is 0.138 e. The quantitative estimate of drug-likeness (QED) is 0.708. The number of carbonyl (C=O) groups excluding carboxylic acids is 1. The van der Waals surface area contributed by atoms with Gasteiger partial charge in [-0.2, -0.15) is 0 Å². The molecule has 3 heteroatoms. The van der Waals surface area contributed by atoms with E-state index in [1.54, 1.807) is 7.11 Å². The average Bonchev–Trinajstić information content (AvgIpc) is 2.29. The lowest BCUT2D eigenvalue weighted by atomic mass is 9.77. The summed E-state index contributed by atoms with van der Waals surface area (Å²) < 4.78 is 5.12. The third-order valence-electron chi connectivity index (χ3n) is 3.84. The first-order chi connectivity index (χ1) is 7.33. The summed E-state index contributed by atoms with van der Waals surface area (Å²) in [7, 11) is 1.74. The van der Waals surface area contributed by atoms with Crippen LogP contribution in [0.1, 0.15) is 32.1 Å². The number of Topliss-reactive ketones (excluding diaryl/α,β-unsaturated/α-hetero) is 1. The zero-order valence-corrected chi connectivity index (χ0v) is 9.58. The van der Waals surface area contributed by atoms with Crippen LogP contribution in [0.15, 0.2) is 0 Å². The van der Waals surface area contributed by atoms with E-state index in [1.807, 2.05) is 0 Å². The van der Waals surface area contributed by atoms with Crippen LogP contribution in [0.5, 0.6) is 0 Å². The number of rotatable bonds is 3. The van der Waals surface area contributed by atoms with Gasteiger partial charge in [0.25, 0.3) is 0 Å². The molecule has 2 atom stereocenters. The van der Waals surface area contributed by atoms with Gasteiger partial charge in [0.15, 0.2) is 0 Å². The molecule has 0 N–H and O–H groups in total. The van der Waals surface area contributed by atoms with Crippen molar-refractivity contribution in [2.24, 2.45) is 5.92 Å². The fourth-order valence-electron chi connectivity index (χ4n) is 3.02. The van der Waals surface area contributed by atoms with Crippen LogP contribution in [0.2, 0.25) is 0 Å². The molecule has 2 aliphatic rings. The highest BCUT2D eigenvalue weighted by Gasteiger charge is 2.37. The number of hydrogen-bond acceptors (Lipinski definition) is 3. The third kappa shape index (κ3) is 2.40. The number of likely N-dealkylation sites (tertiary alicyclic amines) is 1. The molecule has 1 aliphatic carbocycles. The van der Waals surface area contributed by atoms with Gasteiger partial charge in [0.1, 0.15) is 5.78 Å². The zero-order chi connectivity index (χ0) is 10.7. The van der Waals surface area contributed by atoms with Gasteiger partial charge >= 0.3 is 0 Å². The Bertz CT molecular complexity index is 230. The van der Waals surface area contributed by atoms with Gasteiger partial charge in [-0.1, -0.05) is 12.8 Å². The molecule has 1 saturated carbocycles. The molecule has 15 heavy (non-hydrogen) atoms. The van der Waals surface area contributed by atoms with E-state index in [2.05, 4.69) is 4.90 Å². The number of fused-ring (bicyclic) bond motifs is 1. The van der Waals surface area contributed by atoms with Crippen molar-refractivity contribution in [1.82, 2.24) is 4.90 Å². The Kier molecular flexibility index (Phi) is 3.76. The molecule has 0 unspecified atom stereocenters. The van der Waals surface area contributed by atoms with Crippen LogP contribution < -0.4 is 0 Å². The summed E-state index contributed by atoms with van der Waals surface area (Å²) in [5, 5.41) is 0. The molecule has 1 saturated heterocycles. The number of hydrogen-bond donors (Lipinski definition) is 0. The number of piperidine rings is 1. The monoisotopic (exact) mass is 211 g/mol. The molecule has 1 heterocycles. The minimum absolute atomic E-state index is 0.337. The number of carbonyl (C=O) groups is 1. The normalized spacial score (nSPS) is 32.7. The molecule has 0 aromatic carbocycles. The summed E-state index contributed by atoms with van der Waals surface area (Å²) in [5.41, 5.74) is 0. The van der Waals surface area contributed by atoms with Crippen molar-refractivity contribution in [3.8, 4) is 0 Å². The summed E-state index contributed by atoms with van der Waals surface area (Å²) in [5.74, 6) is 0.845. The highest BCUT2D eigenvalue weighted by Crippen LogP contribution is 2.32. The Balaban J connectivity index is 1.97. The largest absolute Gasteiger partial charge is 0.383 e. The maximum Gasteiger partial charge on any atom is 0.138 e. The number of ketones is 1. The molecule has 0 amide bonds. The lowest BCUT2D eigenvalue weighted by molar-refractivity contribution is -0.131. The minimum atomic E-state index is 0.337. The first-order valence-corrected chi connectivity index (χ1v) is 6.08. The number of ether oxygens (including phenoxy) is 1. The topological polar surface area (TPSA) is 29.5 Å². The highest BCUT2D eigenvalue weighted by molar-refractivity contribution is 5.82. The number of methoxy groups -OCH3 is 1. The van der Waals surface area contributed by atoms with Gasteiger partial charge in [-0.3, -0.25) is 9.69 Å². The van der Waals surface area contributed by atoms with Crippen LogP contribution in [0.3, 0.4) is 0 Å². The van der Waals surface area contributed by atoms with Gasteiger partial charge in [0.2, 0.25) is 0 Å². The molecular formula is C12H21NO2. The van der Waals surface area contributed by atoms with Crippen LogP contribution in [0, 0.1) is 5.92 Å². The van der Waals surface area contributed by atoms with Gasteiger partial charge in [-0.15, -0.1) is 0 Å². The van der Waals surface area contributed by atoms with Gasteiger partial charge in [0, 0.05) is 38.6 Å². The predicted molar refractivity (Wildman–Crippen MR) is 58.8 cm³/mol. The molecule has 0 radical (unpaired) electrons. The molecular weight excluding hydrogens is 190 g/mol. The molecule has 86 valence electrons. The second-order valence-corrected chi connectivity index (χ2v) is 4.70. The molecule has 0 aromatic heterocycles. The van der Waals surface area contributed by atoms with Crippen LogP contribution in [-0.2, 0) is 9.53 Å². The Hall–Kier alpha value is -0.410. The SMILES string of the molecule is COCCN1CCC(=O)[C@H]2CCCC[C@@H]21. The summed E-state index contributed by atoms with van der Waals surface area (Å²) in [4.78, 5) is 14.3. The third-order valence-corrected chi connectivity index (χ3v) is 3.84. The van der Waals surface area contributed by atoms with Crippen LogP contribution in [0.25, 0.3) is 0 Å². The van der Waals surface area contributed by atoms with Gasteiger partial charge in [0.05, 0.1) is 6.61 Å². The van der Waals surface area contributed by atoms with Crippen molar-refractivity contribution in [3.05, 3.63) is 0 Å². The van der Waals surface area contributed by atoms with E-state index in [4.69, 9.17) is 4.74 Å². The van der Waals surface area contributed by atoms with E-state index in [0.717, 1.165) is 32.5 Å². The Morgan fingerprint density at radius 1 is 1.40 bits per heavy atom. The van der Waals surface area contributed by atoms with Crippen molar-refractivity contribution in [3.63, 3.8) is 0 Å². The molecule has 0 aromatic rings. The van der Waals surface area contributed by atoms with Crippen molar-refractivity contribution in [2.75, 3.05) is 26.8 Å². The minimum Gasteiger partial charge on any atom is -0.383 e. The van der Waals surface area contributed by atoms with Gasteiger partial charge in [-0.25, -0.2) is 0 Å². The summed E-state index contributed by atoms with van der Waals surface area (Å²) in [6.45, 7) is 2.73. The fraction of sp³-hybridized carbons (Fsp3) is 0.917. The molecule has 2 fully saturated rings. The average molecular weight is 211 g/mol. The second kappa shape index (κ2) is 5.08. The van der Waals surface area contributed by atoms with E-state index in [9.17, 15) is 4.79 Å². The van der Waals surface area contributed by atoms with E-state index in [0.29, 0.717) is 17.7 Å². The maximum absolute atomic E-state index is 11.8. The first kappa shape index (κ1) is 11.1. The van der Waals surface area contributed by atoms with E-state index in [-0.39, 0.29) is 0 Å². The van der Waals surface area contributed by atoms with Crippen molar-refractivity contribution in [2.45, 2.75) is 38.1 Å². The fourth-order valence-corrected chi connectivity index (χ4v) is 3.02. The van der Waals surface area contributed by atoms with Crippen molar-refractivity contribution >= 4 is 5.78 Å². The van der Waals surface area contributed by atoms with E-state index < -0.39 is 0 Å². The summed E-state index contributed by atoms with van der Waals surface area (Å²) in [6.07, 6.45) is 5.61. The van der Waals surface area contributed by atoms with Crippen LogP contribution in [-0.4, -0.2) is 43.5 Å². The molecule has 3 nitrogen and oxygen atoms in total. The van der Waals surface area contributed by atoms with Crippen molar-refractivity contribution in [1.29, 1.82) is 0 Å². The van der Waals surface area contributed by atoms with Crippen LogP contribution in [0.4, 0.5) is 0 Å². The lowest BCUT2D eigenvalue weighted by Crippen LogP contribution is -2.51. The second-order valence-electron chi connectivity index (χ2n) is 4.70. The van der Waals surface area contributed by atoms with Crippen LogP contribution >= 0.6 is 0 Å². The predicted octanol–water partition coefficient (Wildman–Crippen LogP) is 1.47. The van der Waals surface area contributed by atoms with Gasteiger partial charge in [-0.05, 0) is 12.8 Å². The summed E-state index contributed by atoms with van der Waals surface area (Å²) >= 11 is 0. The summed E-state index contributed by atoms with van der Waals surface area (Å²) in [6, 6.07) is 0.523. The zero-order valence-electron chi connectivity index (χ0n) is 9.58. The molecule has 0 spiro atoms. The first-order valence-electron chi connectivity index (χ1n) is 6.08. The lowest BCUT2D eigenvalue weighted by Gasteiger charge is -2.43. The number of nitrogens with zero attached hydrogens (tertiary/aromatic N) is 1. The molecule has 1 aliphatic heterocycles. The maximum atomic E-state index is 11.8. The van der Waals surface area contributed by atoms with Crippen molar-refractivity contribution < 1.29 is 9.53 Å². The van der Waals surface area contributed by atoms with E-state index >= 15 is 0 Å². The van der Waals surface area contributed by atoms with E-state index in [1.165, 1.54) is 19.3 Å². The highest BCUT2D eigenvalue weighted by atomic mass is 16.5. The molecule has 2 rings (SSSR count). The Labute approximate surface area is 91.8 Å². The Morgan fingerprint density at radius 2 is 2.20 bits per heavy atom. The standard InChI is InChI=1S/C12H21NO2/c1-15-9-8-13-7-6-12(14)10-4-2-3-5-11(10)13/h10-11H,2-9H2,1H3/t10-,11-/m0/s1. The molecule has 0 bridgehead atoms. The Morgan fingerprint density at radius 3 is 3.00 bits per heavy atom. The van der Waals surface area contributed by atoms with Gasteiger partial charge < -0.3 is 4.74 Å².